The van der Waals surface area contributed by atoms with Crippen molar-refractivity contribution in [3.63, 3.8) is 0 Å². The number of benzene rings is 1. The van der Waals surface area contributed by atoms with Crippen molar-refractivity contribution in [1.29, 1.82) is 0 Å². The molecule has 0 saturated carbocycles. The van der Waals surface area contributed by atoms with Gasteiger partial charge in [0.25, 0.3) is 0 Å². The third-order valence-electron chi connectivity index (χ3n) is 3.83. The van der Waals surface area contributed by atoms with Gasteiger partial charge >= 0.3 is 0 Å². The summed E-state index contributed by atoms with van der Waals surface area (Å²) in [6, 6.07) is 7.82. The van der Waals surface area contributed by atoms with Crippen LogP contribution in [0.5, 0.6) is 0 Å². The van der Waals surface area contributed by atoms with Gasteiger partial charge in [0.1, 0.15) is 0 Å². The molecule has 6 heteroatoms. The van der Waals surface area contributed by atoms with Crippen molar-refractivity contribution in [3.05, 3.63) is 29.3 Å². The lowest BCUT2D eigenvalue weighted by molar-refractivity contribution is -0.126. The molecule has 2 N–H and O–H groups in total. The van der Waals surface area contributed by atoms with Crippen LogP contribution in [0, 0.1) is 5.92 Å². The minimum Gasteiger partial charge on any atom is -0.371 e. The largest absolute Gasteiger partial charge is 0.371 e. The number of amides is 2. The summed E-state index contributed by atoms with van der Waals surface area (Å²) >= 11 is 5.90. The quantitative estimate of drug-likeness (QED) is 0.839. The fraction of sp³-hybridized carbons (Fsp3) is 0.500. The summed E-state index contributed by atoms with van der Waals surface area (Å²) in [5, 5.41) is 6.19. The summed E-state index contributed by atoms with van der Waals surface area (Å²) in [5.41, 5.74) is 1.16. The Morgan fingerprint density at radius 2 is 1.95 bits per heavy atom. The van der Waals surface area contributed by atoms with Crippen molar-refractivity contribution < 1.29 is 9.59 Å². The molecule has 5 nitrogen and oxygen atoms in total. The molecule has 120 valence electrons. The molecule has 0 radical (unpaired) electrons. The number of carbonyl (C=O) groups excluding carboxylic acids is 2. The van der Waals surface area contributed by atoms with Gasteiger partial charge in [-0.3, -0.25) is 9.59 Å². The van der Waals surface area contributed by atoms with Crippen LogP contribution in [-0.4, -0.2) is 38.0 Å². The van der Waals surface area contributed by atoms with Gasteiger partial charge in [0, 0.05) is 36.8 Å². The van der Waals surface area contributed by atoms with E-state index in [4.69, 9.17) is 11.6 Å². The van der Waals surface area contributed by atoms with Crippen LogP contribution in [0.2, 0.25) is 5.02 Å². The van der Waals surface area contributed by atoms with E-state index in [1.807, 2.05) is 24.3 Å². The Bertz CT molecular complexity index is 519. The normalized spacial score (nSPS) is 17.4. The number of nitrogens with one attached hydrogen (secondary N) is 2. The van der Waals surface area contributed by atoms with Gasteiger partial charge in [-0.15, -0.1) is 0 Å². The second-order valence-electron chi connectivity index (χ2n) is 5.51. The van der Waals surface area contributed by atoms with Crippen molar-refractivity contribution in [3.8, 4) is 0 Å². The third kappa shape index (κ3) is 4.91. The molecule has 2 amide bonds. The summed E-state index contributed by atoms with van der Waals surface area (Å²) in [6.45, 7) is 4.36. The van der Waals surface area contributed by atoms with Crippen molar-refractivity contribution in [1.82, 2.24) is 10.6 Å². The number of anilines is 1. The molecule has 2 rings (SSSR count). The number of rotatable bonds is 6. The van der Waals surface area contributed by atoms with Gasteiger partial charge in [0.15, 0.2) is 0 Å². The van der Waals surface area contributed by atoms with Crippen LogP contribution in [0.1, 0.15) is 19.8 Å². The van der Waals surface area contributed by atoms with Gasteiger partial charge < -0.3 is 15.5 Å². The first-order valence-electron chi connectivity index (χ1n) is 7.62. The lowest BCUT2D eigenvalue weighted by atomic mass is 10.1. The highest BCUT2D eigenvalue weighted by Gasteiger charge is 2.23. The first-order valence-corrected chi connectivity index (χ1v) is 8.00. The zero-order chi connectivity index (χ0) is 15.9. The van der Waals surface area contributed by atoms with Crippen molar-refractivity contribution in [2.75, 3.05) is 31.1 Å². The highest BCUT2D eigenvalue weighted by molar-refractivity contribution is 6.30. The monoisotopic (exact) mass is 323 g/mol. The van der Waals surface area contributed by atoms with Crippen molar-refractivity contribution >= 4 is 29.1 Å². The molecule has 1 aliphatic rings. The summed E-state index contributed by atoms with van der Waals surface area (Å²) in [6.07, 6.45) is 1.44. The van der Waals surface area contributed by atoms with E-state index in [0.717, 1.165) is 30.2 Å². The zero-order valence-electron chi connectivity index (χ0n) is 12.8. The second kappa shape index (κ2) is 8.03. The molecule has 1 atom stereocenters. The zero-order valence-corrected chi connectivity index (χ0v) is 13.5. The summed E-state index contributed by atoms with van der Waals surface area (Å²) in [7, 11) is 0. The maximum Gasteiger partial charge on any atom is 0.239 e. The van der Waals surface area contributed by atoms with Crippen LogP contribution in [0.4, 0.5) is 5.69 Å². The molecule has 0 unspecified atom stereocenters. The smallest absolute Gasteiger partial charge is 0.239 e. The highest BCUT2D eigenvalue weighted by atomic mass is 35.5. The van der Waals surface area contributed by atoms with E-state index in [-0.39, 0.29) is 18.4 Å². The van der Waals surface area contributed by atoms with Crippen molar-refractivity contribution in [2.24, 2.45) is 5.92 Å². The minimum absolute atomic E-state index is 0.0558. The molecule has 1 aromatic rings. The minimum atomic E-state index is -0.133. The Morgan fingerprint density at radius 1 is 1.23 bits per heavy atom. The van der Waals surface area contributed by atoms with E-state index in [1.54, 1.807) is 6.92 Å². The number of hydrogen-bond acceptors (Lipinski definition) is 3. The molecule has 0 aliphatic carbocycles. The topological polar surface area (TPSA) is 61.4 Å². The molecule has 0 aromatic heterocycles. The molecule has 1 heterocycles. The molecule has 0 bridgehead atoms. The van der Waals surface area contributed by atoms with Crippen LogP contribution in [0.15, 0.2) is 24.3 Å². The number of hydrogen-bond donors (Lipinski definition) is 2. The molecule has 1 fully saturated rings. The second-order valence-corrected chi connectivity index (χ2v) is 5.95. The number of halogens is 1. The van der Waals surface area contributed by atoms with E-state index in [2.05, 4.69) is 15.5 Å². The summed E-state index contributed by atoms with van der Waals surface area (Å²) in [4.78, 5) is 25.0. The first-order chi connectivity index (χ1) is 10.6. The van der Waals surface area contributed by atoms with Crippen molar-refractivity contribution in [2.45, 2.75) is 19.8 Å². The van der Waals surface area contributed by atoms with Gasteiger partial charge in [0.05, 0.1) is 6.54 Å². The van der Waals surface area contributed by atoms with Gasteiger partial charge in [0.2, 0.25) is 11.8 Å². The molecular formula is C16H22ClN3O2. The van der Waals surface area contributed by atoms with Gasteiger partial charge in [-0.2, -0.15) is 0 Å². The summed E-state index contributed by atoms with van der Waals surface area (Å²) < 4.78 is 0. The van der Waals surface area contributed by atoms with Crippen LogP contribution < -0.4 is 15.5 Å². The lowest BCUT2D eigenvalue weighted by Crippen LogP contribution is -2.39. The standard InChI is InChI=1S/C16H22ClN3O2/c1-2-15(21)19-10-16(22)18-9-12-7-8-20(11-12)14-5-3-13(17)4-6-14/h3-6,12H,2,7-11H2,1H3,(H,18,22)(H,19,21)/t12-/m0/s1. The van der Waals surface area contributed by atoms with Gasteiger partial charge in [-0.25, -0.2) is 0 Å². The van der Waals surface area contributed by atoms with Gasteiger partial charge in [-0.1, -0.05) is 18.5 Å². The van der Waals surface area contributed by atoms with E-state index >= 15 is 0 Å². The van der Waals surface area contributed by atoms with Crippen LogP contribution in [0.3, 0.4) is 0 Å². The summed E-state index contributed by atoms with van der Waals surface area (Å²) in [5.74, 6) is 0.193. The Hall–Kier alpha value is -1.75. The SMILES string of the molecule is CCC(=O)NCC(=O)NC[C@@H]1CCN(c2ccc(Cl)cc2)C1. The van der Waals surface area contributed by atoms with E-state index in [0.29, 0.717) is 18.9 Å². The van der Waals surface area contributed by atoms with Crippen LogP contribution in [0.25, 0.3) is 0 Å². The van der Waals surface area contributed by atoms with E-state index in [1.165, 1.54) is 0 Å². The Balaban J connectivity index is 1.71. The molecule has 1 aliphatic heterocycles. The van der Waals surface area contributed by atoms with E-state index in [9.17, 15) is 9.59 Å². The number of carbonyl (C=O) groups is 2. The highest BCUT2D eigenvalue weighted by Crippen LogP contribution is 2.24. The fourth-order valence-electron chi connectivity index (χ4n) is 2.51. The average Bonchev–Trinajstić information content (AvgIpc) is 3.00. The predicted molar refractivity (Wildman–Crippen MR) is 88.1 cm³/mol. The third-order valence-corrected chi connectivity index (χ3v) is 4.08. The lowest BCUT2D eigenvalue weighted by Gasteiger charge is -2.19. The van der Waals surface area contributed by atoms with Gasteiger partial charge in [-0.05, 0) is 36.6 Å². The molecule has 0 spiro atoms. The fourth-order valence-corrected chi connectivity index (χ4v) is 2.64. The number of nitrogens with zero attached hydrogens (tertiary/aromatic N) is 1. The molecular weight excluding hydrogens is 302 g/mol. The molecule has 1 aromatic carbocycles. The van der Waals surface area contributed by atoms with Crippen LogP contribution in [-0.2, 0) is 9.59 Å². The van der Waals surface area contributed by atoms with E-state index < -0.39 is 0 Å². The Labute approximate surface area is 136 Å². The maximum atomic E-state index is 11.7. The van der Waals surface area contributed by atoms with Crippen LogP contribution >= 0.6 is 11.6 Å². The molecule has 22 heavy (non-hydrogen) atoms. The predicted octanol–water partition coefficient (Wildman–Crippen LogP) is 1.81. The molecule has 1 saturated heterocycles. The maximum absolute atomic E-state index is 11.7. The Kier molecular flexibility index (Phi) is 6.07. The first kappa shape index (κ1) is 16.6. The average molecular weight is 324 g/mol. The Morgan fingerprint density at radius 3 is 2.64 bits per heavy atom.